The quantitative estimate of drug-likeness (QED) is 0.806. The Morgan fingerprint density at radius 3 is 2.83 bits per heavy atom. The van der Waals surface area contributed by atoms with Crippen LogP contribution in [0.15, 0.2) is 60.7 Å². The molecule has 1 radical (unpaired) electrons. The van der Waals surface area contributed by atoms with Gasteiger partial charge in [-0.25, -0.2) is 0 Å². The minimum Gasteiger partial charge on any atom is -0.368 e. The van der Waals surface area contributed by atoms with Crippen molar-refractivity contribution in [3.8, 4) is 0 Å². The van der Waals surface area contributed by atoms with E-state index in [2.05, 4.69) is 41.3 Å². The summed E-state index contributed by atoms with van der Waals surface area (Å²) in [6, 6.07) is 23.3. The van der Waals surface area contributed by atoms with Crippen LogP contribution in [-0.4, -0.2) is 17.4 Å². The number of nitrogens with two attached hydrogens (primary N) is 1. The summed E-state index contributed by atoms with van der Waals surface area (Å²) in [4.78, 5) is 14.3. The number of amides is 1. The molecule has 0 aromatic heterocycles. The predicted octanol–water partition coefficient (Wildman–Crippen LogP) is 3.22. The molecule has 0 saturated carbocycles. The fourth-order valence-electron chi connectivity index (χ4n) is 3.63. The van der Waals surface area contributed by atoms with Gasteiger partial charge >= 0.3 is 0 Å². The van der Waals surface area contributed by atoms with E-state index in [4.69, 9.17) is 5.73 Å². The first kappa shape index (κ1) is 14.9. The van der Waals surface area contributed by atoms with Crippen LogP contribution >= 0.6 is 0 Å². The van der Waals surface area contributed by atoms with Gasteiger partial charge in [0.1, 0.15) is 6.04 Å². The summed E-state index contributed by atoms with van der Waals surface area (Å²) in [5.74, 6) is -0.289. The summed E-state index contributed by atoms with van der Waals surface area (Å²) < 4.78 is 0. The van der Waals surface area contributed by atoms with E-state index >= 15 is 0 Å². The van der Waals surface area contributed by atoms with E-state index < -0.39 is 0 Å². The van der Waals surface area contributed by atoms with Crippen LogP contribution in [-0.2, 0) is 17.8 Å². The lowest BCUT2D eigenvalue weighted by Crippen LogP contribution is -2.42. The Hall–Kier alpha value is -2.65. The number of rotatable bonds is 3. The lowest BCUT2D eigenvalue weighted by molar-refractivity contribution is -0.124. The average molecular weight is 315 g/mol. The highest BCUT2D eigenvalue weighted by Crippen LogP contribution is 2.31. The molecule has 24 heavy (non-hydrogen) atoms. The summed E-state index contributed by atoms with van der Waals surface area (Å²) in [6.07, 6.45) is 0.921. The van der Waals surface area contributed by atoms with Crippen LogP contribution < -0.4 is 5.73 Å². The van der Waals surface area contributed by atoms with Crippen molar-refractivity contribution < 1.29 is 4.79 Å². The number of hydrogen-bond acceptors (Lipinski definition) is 2. The van der Waals surface area contributed by atoms with Crippen molar-refractivity contribution >= 4 is 16.7 Å². The molecule has 3 aromatic carbocycles. The number of fused-ring (bicyclic) bond motifs is 2. The van der Waals surface area contributed by atoms with E-state index in [0.717, 1.165) is 25.1 Å². The maximum Gasteiger partial charge on any atom is 0.239 e. The molecule has 0 fully saturated rings. The SMILES string of the molecule is NC(=O)C1c2cc[c]cc2CCN1Cc1ccc2ccccc2c1. The van der Waals surface area contributed by atoms with Gasteiger partial charge in [-0.2, -0.15) is 0 Å². The van der Waals surface area contributed by atoms with Gasteiger partial charge in [-0.15, -0.1) is 0 Å². The molecule has 4 rings (SSSR count). The highest BCUT2D eigenvalue weighted by molar-refractivity contribution is 5.83. The van der Waals surface area contributed by atoms with Crippen molar-refractivity contribution in [1.29, 1.82) is 0 Å². The Morgan fingerprint density at radius 2 is 2.00 bits per heavy atom. The molecule has 1 aliphatic heterocycles. The summed E-state index contributed by atoms with van der Waals surface area (Å²) in [5, 5.41) is 2.45. The first-order chi connectivity index (χ1) is 11.7. The van der Waals surface area contributed by atoms with E-state index in [0.29, 0.717) is 0 Å². The second-order valence-corrected chi connectivity index (χ2v) is 6.33. The van der Waals surface area contributed by atoms with Crippen LogP contribution in [0.3, 0.4) is 0 Å². The Morgan fingerprint density at radius 1 is 1.17 bits per heavy atom. The number of benzene rings is 3. The molecule has 1 amide bonds. The third-order valence-electron chi connectivity index (χ3n) is 4.78. The number of primary amides is 1. The Bertz CT molecular complexity index is 903. The Balaban J connectivity index is 1.66. The normalized spacial score (nSPS) is 17.6. The highest BCUT2D eigenvalue weighted by atomic mass is 16.1. The van der Waals surface area contributed by atoms with Crippen molar-refractivity contribution in [2.75, 3.05) is 6.54 Å². The van der Waals surface area contributed by atoms with Gasteiger partial charge < -0.3 is 5.73 Å². The van der Waals surface area contributed by atoms with Gasteiger partial charge in [-0.3, -0.25) is 9.69 Å². The Kier molecular flexibility index (Phi) is 3.79. The summed E-state index contributed by atoms with van der Waals surface area (Å²) in [7, 11) is 0. The van der Waals surface area contributed by atoms with E-state index in [1.54, 1.807) is 0 Å². The second kappa shape index (κ2) is 6.10. The van der Waals surface area contributed by atoms with Gasteiger partial charge in [-0.05, 0) is 46.0 Å². The number of hydrogen-bond donors (Lipinski definition) is 1. The van der Waals surface area contributed by atoms with Gasteiger partial charge in [0, 0.05) is 13.1 Å². The zero-order chi connectivity index (χ0) is 16.5. The molecular weight excluding hydrogens is 296 g/mol. The van der Waals surface area contributed by atoms with E-state index in [1.165, 1.54) is 21.9 Å². The molecule has 0 bridgehead atoms. The Labute approximate surface area is 141 Å². The molecule has 2 N–H and O–H groups in total. The van der Waals surface area contributed by atoms with E-state index in [9.17, 15) is 4.79 Å². The number of carbonyl (C=O) groups is 1. The molecule has 1 aliphatic rings. The zero-order valence-electron chi connectivity index (χ0n) is 13.4. The lowest BCUT2D eigenvalue weighted by atomic mass is 9.91. The fourth-order valence-corrected chi connectivity index (χ4v) is 3.63. The minimum absolute atomic E-state index is 0.289. The smallest absolute Gasteiger partial charge is 0.239 e. The molecule has 0 aliphatic carbocycles. The molecule has 119 valence electrons. The van der Waals surface area contributed by atoms with E-state index in [-0.39, 0.29) is 11.9 Å². The third kappa shape index (κ3) is 2.68. The van der Waals surface area contributed by atoms with Crippen LogP contribution in [0.4, 0.5) is 0 Å². The van der Waals surface area contributed by atoms with Gasteiger partial charge in [0.2, 0.25) is 5.91 Å². The topological polar surface area (TPSA) is 46.3 Å². The van der Waals surface area contributed by atoms with Crippen LogP contribution in [0.5, 0.6) is 0 Å². The van der Waals surface area contributed by atoms with Crippen LogP contribution in [0.2, 0.25) is 0 Å². The third-order valence-corrected chi connectivity index (χ3v) is 4.78. The van der Waals surface area contributed by atoms with Gasteiger partial charge in [0.25, 0.3) is 0 Å². The van der Waals surface area contributed by atoms with Gasteiger partial charge in [0.15, 0.2) is 0 Å². The first-order valence-electron chi connectivity index (χ1n) is 8.22. The lowest BCUT2D eigenvalue weighted by Gasteiger charge is -2.35. The minimum atomic E-state index is -0.366. The molecule has 0 saturated heterocycles. The van der Waals surface area contributed by atoms with Crippen molar-refractivity contribution in [1.82, 2.24) is 4.90 Å². The van der Waals surface area contributed by atoms with Crippen molar-refractivity contribution in [3.63, 3.8) is 0 Å². The van der Waals surface area contributed by atoms with Gasteiger partial charge in [-0.1, -0.05) is 54.6 Å². The summed E-state index contributed by atoms with van der Waals surface area (Å²) in [6.45, 7) is 1.54. The predicted molar refractivity (Wildman–Crippen MR) is 95.3 cm³/mol. The molecule has 3 nitrogen and oxygen atoms in total. The molecule has 3 aromatic rings. The number of carbonyl (C=O) groups excluding carboxylic acids is 1. The van der Waals surface area contributed by atoms with Crippen molar-refractivity contribution in [3.05, 3.63) is 83.4 Å². The first-order valence-corrected chi connectivity index (χ1v) is 8.22. The standard InChI is InChI=1S/C21H19N2O/c22-21(24)20-19-8-4-3-6-17(19)11-12-23(20)14-15-9-10-16-5-1-2-7-18(16)13-15/h1-2,4-10,13,20H,11-12,14H2,(H2,22,24). The van der Waals surface area contributed by atoms with Crippen LogP contribution in [0, 0.1) is 6.07 Å². The number of nitrogens with zero attached hydrogens (tertiary/aromatic N) is 1. The van der Waals surface area contributed by atoms with Crippen molar-refractivity contribution in [2.45, 2.75) is 19.0 Å². The van der Waals surface area contributed by atoms with E-state index in [1.807, 2.05) is 30.3 Å². The molecule has 3 heteroatoms. The summed E-state index contributed by atoms with van der Waals surface area (Å²) in [5.41, 5.74) is 9.12. The zero-order valence-corrected chi connectivity index (χ0v) is 13.4. The van der Waals surface area contributed by atoms with Crippen LogP contribution in [0.1, 0.15) is 22.7 Å². The second-order valence-electron chi connectivity index (χ2n) is 6.33. The largest absolute Gasteiger partial charge is 0.368 e. The molecule has 1 heterocycles. The van der Waals surface area contributed by atoms with Gasteiger partial charge in [0.05, 0.1) is 0 Å². The van der Waals surface area contributed by atoms with Crippen molar-refractivity contribution in [2.24, 2.45) is 5.73 Å². The molecule has 1 unspecified atom stereocenters. The maximum absolute atomic E-state index is 12.1. The average Bonchev–Trinajstić information content (AvgIpc) is 2.61. The molecule has 1 atom stereocenters. The fraction of sp³-hybridized carbons (Fsp3) is 0.190. The maximum atomic E-state index is 12.1. The molecular formula is C21H19N2O. The monoisotopic (exact) mass is 315 g/mol. The molecule has 0 spiro atoms. The van der Waals surface area contributed by atoms with Crippen LogP contribution in [0.25, 0.3) is 10.8 Å². The highest BCUT2D eigenvalue weighted by Gasteiger charge is 2.31. The summed E-state index contributed by atoms with van der Waals surface area (Å²) >= 11 is 0.